The summed E-state index contributed by atoms with van der Waals surface area (Å²) in [7, 11) is 3.69. The van der Waals surface area contributed by atoms with Gasteiger partial charge in [-0.05, 0) is 31.8 Å². The van der Waals surface area contributed by atoms with E-state index in [1.54, 1.807) is 12.1 Å². The van der Waals surface area contributed by atoms with E-state index in [1.807, 2.05) is 19.0 Å². The zero-order valence-corrected chi connectivity index (χ0v) is 12.0. The Hall–Kier alpha value is -2.18. The number of carbonyl (C=O) groups excluding carboxylic acids is 1. The summed E-state index contributed by atoms with van der Waals surface area (Å²) >= 11 is 0. The Morgan fingerprint density at radius 2 is 2.10 bits per heavy atom. The predicted molar refractivity (Wildman–Crippen MR) is 80.3 cm³/mol. The number of fused-ring (bicyclic) bond motifs is 1. The normalized spacial score (nSPS) is 11.2. The van der Waals surface area contributed by atoms with Crippen molar-refractivity contribution in [3.63, 3.8) is 0 Å². The fourth-order valence-corrected chi connectivity index (χ4v) is 2.07. The van der Waals surface area contributed by atoms with Crippen LogP contribution in [0.25, 0.3) is 11.0 Å². The minimum absolute atomic E-state index is 0.0962. The largest absolute Gasteiger partial charge is 0.440 e. The monoisotopic (exact) mass is 290 g/mol. The molecule has 1 aromatic carbocycles. The molecule has 0 saturated carbocycles. The third kappa shape index (κ3) is 3.12. The number of aliphatic hydroxyl groups is 1. The highest BCUT2D eigenvalue weighted by Crippen LogP contribution is 2.20. The zero-order chi connectivity index (χ0) is 15.6. The number of Topliss-reactive ketones (excluding diaryl/α,β-unsaturated/α-hetero) is 1. The van der Waals surface area contributed by atoms with Crippen molar-refractivity contribution < 1.29 is 14.3 Å². The second-order valence-corrected chi connectivity index (χ2v) is 5.14. The molecule has 0 aliphatic rings. The number of nitrogen functional groups attached to an aromatic ring is 1. The molecule has 0 amide bonds. The molecule has 1 aromatic heterocycles. The summed E-state index contributed by atoms with van der Waals surface area (Å²) < 4.78 is 5.38. The fourth-order valence-electron chi connectivity index (χ4n) is 2.07. The van der Waals surface area contributed by atoms with Gasteiger partial charge in [0.05, 0.1) is 12.0 Å². The van der Waals surface area contributed by atoms with Gasteiger partial charge in [-0.3, -0.25) is 9.59 Å². The Bertz CT molecular complexity index is 734. The number of rotatable bonds is 5. The van der Waals surface area contributed by atoms with Gasteiger partial charge in [-0.25, -0.2) is 0 Å². The van der Waals surface area contributed by atoms with Gasteiger partial charge in [0.25, 0.3) is 0 Å². The molecule has 1 heterocycles. The molecular formula is C15H18N2O4. The summed E-state index contributed by atoms with van der Waals surface area (Å²) in [4.78, 5) is 26.4. The van der Waals surface area contributed by atoms with Crippen LogP contribution in [0.1, 0.15) is 22.3 Å². The van der Waals surface area contributed by atoms with Crippen LogP contribution in [-0.2, 0) is 6.61 Å². The number of anilines is 1. The number of nitrogens with zero attached hydrogens (tertiary/aromatic N) is 1. The average Bonchev–Trinajstić information content (AvgIpc) is 2.44. The van der Waals surface area contributed by atoms with Crippen LogP contribution in [0.15, 0.2) is 27.4 Å². The Kier molecular flexibility index (Phi) is 4.40. The first-order valence-corrected chi connectivity index (χ1v) is 6.58. The highest BCUT2D eigenvalue weighted by Gasteiger charge is 2.19. The quantitative estimate of drug-likeness (QED) is 0.797. The van der Waals surface area contributed by atoms with E-state index in [0.29, 0.717) is 12.1 Å². The van der Waals surface area contributed by atoms with Gasteiger partial charge < -0.3 is 20.2 Å². The molecule has 0 aliphatic heterocycles. The van der Waals surface area contributed by atoms with Crippen LogP contribution in [0.3, 0.4) is 0 Å². The third-order valence-electron chi connectivity index (χ3n) is 3.23. The molecule has 0 atom stereocenters. The van der Waals surface area contributed by atoms with Crippen molar-refractivity contribution in [3.8, 4) is 0 Å². The van der Waals surface area contributed by atoms with Gasteiger partial charge in [0.1, 0.15) is 11.1 Å². The zero-order valence-electron chi connectivity index (χ0n) is 12.0. The number of hydrogen-bond donors (Lipinski definition) is 2. The number of ketones is 1. The molecule has 2 rings (SSSR count). The van der Waals surface area contributed by atoms with E-state index < -0.39 is 5.43 Å². The molecule has 0 saturated heterocycles. The Balaban J connectivity index is 2.50. The van der Waals surface area contributed by atoms with E-state index in [1.165, 1.54) is 6.07 Å². The lowest BCUT2D eigenvalue weighted by Gasteiger charge is -2.09. The average molecular weight is 290 g/mol. The molecule has 0 bridgehead atoms. The van der Waals surface area contributed by atoms with E-state index >= 15 is 0 Å². The maximum absolute atomic E-state index is 12.4. The highest BCUT2D eigenvalue weighted by molar-refractivity contribution is 6.02. The molecule has 0 aliphatic carbocycles. The Labute approximate surface area is 121 Å². The molecular weight excluding hydrogens is 272 g/mol. The predicted octanol–water partition coefficient (Wildman–Crippen LogP) is 1.00. The fraction of sp³-hybridized carbons (Fsp3) is 0.333. The van der Waals surface area contributed by atoms with Crippen LogP contribution >= 0.6 is 0 Å². The van der Waals surface area contributed by atoms with Crippen molar-refractivity contribution in [2.45, 2.75) is 13.0 Å². The van der Waals surface area contributed by atoms with Gasteiger partial charge in [-0.2, -0.15) is 0 Å². The first-order valence-electron chi connectivity index (χ1n) is 6.58. The summed E-state index contributed by atoms with van der Waals surface area (Å²) in [6.07, 6.45) is 0.197. The molecule has 0 unspecified atom stereocenters. The van der Waals surface area contributed by atoms with Gasteiger partial charge in [0.15, 0.2) is 5.78 Å². The lowest BCUT2D eigenvalue weighted by atomic mass is 10.1. The molecule has 0 fully saturated rings. The molecule has 6 heteroatoms. The SMILES string of the molecule is CN(C)CCC(=O)c1c(N)oc2cc(CO)ccc2c1=O. The Morgan fingerprint density at radius 1 is 1.38 bits per heavy atom. The summed E-state index contributed by atoms with van der Waals surface area (Å²) in [5.74, 6) is -0.505. The maximum Gasteiger partial charge on any atom is 0.205 e. The number of hydrogen-bond acceptors (Lipinski definition) is 6. The van der Waals surface area contributed by atoms with E-state index in [-0.39, 0.29) is 41.2 Å². The molecule has 6 nitrogen and oxygen atoms in total. The van der Waals surface area contributed by atoms with Crippen LogP contribution in [0.5, 0.6) is 0 Å². The minimum Gasteiger partial charge on any atom is -0.440 e. The maximum atomic E-state index is 12.4. The summed E-state index contributed by atoms with van der Waals surface area (Å²) in [6, 6.07) is 4.69. The van der Waals surface area contributed by atoms with Gasteiger partial charge in [0, 0.05) is 13.0 Å². The van der Waals surface area contributed by atoms with Crippen molar-refractivity contribution in [2.24, 2.45) is 0 Å². The van der Waals surface area contributed by atoms with Crippen molar-refractivity contribution in [2.75, 3.05) is 26.4 Å². The van der Waals surface area contributed by atoms with Crippen LogP contribution < -0.4 is 11.2 Å². The summed E-state index contributed by atoms with van der Waals surface area (Å²) in [5, 5.41) is 9.38. The molecule has 2 aromatic rings. The van der Waals surface area contributed by atoms with Crippen molar-refractivity contribution >= 4 is 22.6 Å². The second kappa shape index (κ2) is 6.07. The summed E-state index contributed by atoms with van der Waals surface area (Å²) in [6.45, 7) is 0.363. The van der Waals surface area contributed by atoms with Crippen molar-refractivity contribution in [3.05, 3.63) is 39.5 Å². The van der Waals surface area contributed by atoms with E-state index in [4.69, 9.17) is 15.3 Å². The topological polar surface area (TPSA) is 96.8 Å². The van der Waals surface area contributed by atoms with Crippen LogP contribution in [0.2, 0.25) is 0 Å². The lowest BCUT2D eigenvalue weighted by Crippen LogP contribution is -2.22. The lowest BCUT2D eigenvalue weighted by molar-refractivity contribution is 0.0971. The molecule has 0 radical (unpaired) electrons. The summed E-state index contributed by atoms with van der Waals surface area (Å²) in [5.41, 5.74) is 6.08. The van der Waals surface area contributed by atoms with E-state index in [0.717, 1.165) is 0 Å². The number of carbonyl (C=O) groups is 1. The molecule has 0 spiro atoms. The van der Waals surface area contributed by atoms with Crippen molar-refractivity contribution in [1.29, 1.82) is 0 Å². The van der Waals surface area contributed by atoms with Crippen LogP contribution in [0, 0.1) is 0 Å². The smallest absolute Gasteiger partial charge is 0.205 e. The van der Waals surface area contributed by atoms with E-state index in [9.17, 15) is 9.59 Å². The molecule has 21 heavy (non-hydrogen) atoms. The first kappa shape index (κ1) is 15.2. The number of benzene rings is 1. The Morgan fingerprint density at radius 3 is 2.71 bits per heavy atom. The first-order chi connectivity index (χ1) is 9.93. The molecule has 112 valence electrons. The minimum atomic E-state index is -0.429. The standard InChI is InChI=1S/C15H18N2O4/c1-17(2)6-5-11(19)13-14(20)10-4-3-9(8-18)7-12(10)21-15(13)16/h3-4,7,18H,5-6,8,16H2,1-2H3. The van der Waals surface area contributed by atoms with Gasteiger partial charge in [-0.1, -0.05) is 6.07 Å². The van der Waals surface area contributed by atoms with Gasteiger partial charge >= 0.3 is 0 Å². The van der Waals surface area contributed by atoms with Gasteiger partial charge in [-0.15, -0.1) is 0 Å². The number of nitrogens with two attached hydrogens (primary N) is 1. The molecule has 3 N–H and O–H groups in total. The highest BCUT2D eigenvalue weighted by atomic mass is 16.3. The van der Waals surface area contributed by atoms with Crippen LogP contribution in [0.4, 0.5) is 5.88 Å². The van der Waals surface area contributed by atoms with Gasteiger partial charge in [0.2, 0.25) is 11.3 Å². The third-order valence-corrected chi connectivity index (χ3v) is 3.23. The van der Waals surface area contributed by atoms with Crippen LogP contribution in [-0.4, -0.2) is 36.4 Å². The second-order valence-electron chi connectivity index (χ2n) is 5.14. The van der Waals surface area contributed by atoms with E-state index in [2.05, 4.69) is 0 Å². The number of aliphatic hydroxyl groups excluding tert-OH is 1. The van der Waals surface area contributed by atoms with Crippen molar-refractivity contribution in [1.82, 2.24) is 4.90 Å².